The van der Waals surface area contributed by atoms with E-state index in [9.17, 15) is 0 Å². The molecule has 2 heteroatoms. The van der Waals surface area contributed by atoms with E-state index in [2.05, 4.69) is 37.8 Å². The van der Waals surface area contributed by atoms with Gasteiger partial charge in [0.1, 0.15) is 0 Å². The minimum atomic E-state index is 0.590. The van der Waals surface area contributed by atoms with Gasteiger partial charge in [0.2, 0.25) is 0 Å². The highest BCUT2D eigenvalue weighted by atomic mass is 35.5. The molecule has 0 saturated carbocycles. The Morgan fingerprint density at radius 3 is 2.76 bits per heavy atom. The molecule has 0 spiro atoms. The number of aryl methyl sites for hydroxylation is 1. The fourth-order valence-corrected chi connectivity index (χ4v) is 3.36. The Bertz CT molecular complexity index is 400. The van der Waals surface area contributed by atoms with Gasteiger partial charge in [0.15, 0.2) is 0 Å². The monoisotopic (exact) mass is 251 g/mol. The Balaban J connectivity index is 2.32. The molecule has 0 fully saturated rings. The standard InChI is InChI=1S/C15H22ClN/c1-4-8-17(5-2)15-7-6-13-11(3)9-12(16)10-14(13)15/h9-10,15H,4-8H2,1-3H3. The minimum absolute atomic E-state index is 0.590. The normalized spacial score (nSPS) is 18.8. The van der Waals surface area contributed by atoms with Crippen molar-refractivity contribution < 1.29 is 0 Å². The second-order valence-corrected chi connectivity index (χ2v) is 5.41. The SMILES string of the molecule is CCCN(CC)C1CCc2c(C)cc(Cl)cc21. The van der Waals surface area contributed by atoms with Crippen LogP contribution in [0.5, 0.6) is 0 Å². The minimum Gasteiger partial charge on any atom is -0.297 e. The van der Waals surface area contributed by atoms with Gasteiger partial charge in [-0.25, -0.2) is 0 Å². The van der Waals surface area contributed by atoms with Gasteiger partial charge < -0.3 is 0 Å². The molecule has 0 radical (unpaired) electrons. The summed E-state index contributed by atoms with van der Waals surface area (Å²) in [5.74, 6) is 0. The summed E-state index contributed by atoms with van der Waals surface area (Å²) in [5, 5.41) is 0.890. The van der Waals surface area contributed by atoms with E-state index in [0.717, 1.165) is 11.6 Å². The highest BCUT2D eigenvalue weighted by Crippen LogP contribution is 2.38. The lowest BCUT2D eigenvalue weighted by Gasteiger charge is -2.28. The zero-order chi connectivity index (χ0) is 12.4. The number of nitrogens with zero attached hydrogens (tertiary/aromatic N) is 1. The lowest BCUT2D eigenvalue weighted by atomic mass is 10.0. The van der Waals surface area contributed by atoms with Crippen LogP contribution >= 0.6 is 11.6 Å². The summed E-state index contributed by atoms with van der Waals surface area (Å²) in [7, 11) is 0. The van der Waals surface area contributed by atoms with Gasteiger partial charge in [0.25, 0.3) is 0 Å². The number of rotatable bonds is 4. The van der Waals surface area contributed by atoms with Crippen LogP contribution in [0.25, 0.3) is 0 Å². The topological polar surface area (TPSA) is 3.24 Å². The first-order valence-electron chi connectivity index (χ1n) is 6.70. The van der Waals surface area contributed by atoms with Crippen molar-refractivity contribution in [2.24, 2.45) is 0 Å². The summed E-state index contributed by atoms with van der Waals surface area (Å²) in [6, 6.07) is 4.87. The van der Waals surface area contributed by atoms with Gasteiger partial charge in [-0.1, -0.05) is 25.4 Å². The zero-order valence-corrected chi connectivity index (χ0v) is 11.8. The second kappa shape index (κ2) is 5.41. The molecule has 1 nitrogen and oxygen atoms in total. The maximum absolute atomic E-state index is 6.20. The lowest BCUT2D eigenvalue weighted by molar-refractivity contribution is 0.207. The Morgan fingerprint density at radius 2 is 2.12 bits per heavy atom. The molecule has 1 aliphatic carbocycles. The van der Waals surface area contributed by atoms with E-state index >= 15 is 0 Å². The largest absolute Gasteiger partial charge is 0.297 e. The van der Waals surface area contributed by atoms with Gasteiger partial charge in [0, 0.05) is 11.1 Å². The Kier molecular flexibility index (Phi) is 4.11. The maximum atomic E-state index is 6.20. The molecule has 1 aromatic carbocycles. The highest BCUT2D eigenvalue weighted by Gasteiger charge is 2.28. The molecular formula is C15H22ClN. The average Bonchev–Trinajstić information content (AvgIpc) is 2.69. The smallest absolute Gasteiger partial charge is 0.0412 e. The van der Waals surface area contributed by atoms with Crippen molar-refractivity contribution in [2.75, 3.05) is 13.1 Å². The fourth-order valence-electron chi connectivity index (χ4n) is 3.08. The Hall–Kier alpha value is -0.530. The third kappa shape index (κ3) is 2.51. The molecule has 0 heterocycles. The molecule has 0 bridgehead atoms. The molecule has 1 aromatic rings. The fraction of sp³-hybridized carbons (Fsp3) is 0.600. The number of hydrogen-bond donors (Lipinski definition) is 0. The van der Waals surface area contributed by atoms with Crippen LogP contribution in [0, 0.1) is 6.92 Å². The van der Waals surface area contributed by atoms with Crippen LogP contribution in [-0.2, 0) is 6.42 Å². The zero-order valence-electron chi connectivity index (χ0n) is 11.1. The molecule has 1 aliphatic rings. The van der Waals surface area contributed by atoms with Gasteiger partial charge in [-0.15, -0.1) is 0 Å². The van der Waals surface area contributed by atoms with Gasteiger partial charge in [-0.2, -0.15) is 0 Å². The van der Waals surface area contributed by atoms with Crippen molar-refractivity contribution in [3.63, 3.8) is 0 Å². The summed E-state index contributed by atoms with van der Waals surface area (Å²) in [6.07, 6.45) is 3.69. The quantitative estimate of drug-likeness (QED) is 0.768. The molecule has 0 aromatic heterocycles. The summed E-state index contributed by atoms with van der Waals surface area (Å²) < 4.78 is 0. The molecule has 2 rings (SSSR count). The molecule has 0 N–H and O–H groups in total. The summed E-state index contributed by atoms with van der Waals surface area (Å²) in [4.78, 5) is 2.58. The van der Waals surface area contributed by atoms with Crippen molar-refractivity contribution in [1.82, 2.24) is 4.90 Å². The first-order chi connectivity index (χ1) is 8.17. The third-order valence-corrected chi connectivity index (χ3v) is 4.08. The van der Waals surface area contributed by atoms with Crippen LogP contribution in [0.15, 0.2) is 12.1 Å². The van der Waals surface area contributed by atoms with E-state index in [1.165, 1.54) is 42.5 Å². The molecular weight excluding hydrogens is 230 g/mol. The first kappa shape index (κ1) is 12.9. The van der Waals surface area contributed by atoms with Crippen LogP contribution in [0.1, 0.15) is 49.4 Å². The molecule has 1 unspecified atom stereocenters. The first-order valence-corrected chi connectivity index (χ1v) is 7.08. The van der Waals surface area contributed by atoms with Crippen LogP contribution in [-0.4, -0.2) is 18.0 Å². The highest BCUT2D eigenvalue weighted by molar-refractivity contribution is 6.30. The number of halogens is 1. The summed E-state index contributed by atoms with van der Waals surface area (Å²) in [5.41, 5.74) is 4.38. The lowest BCUT2D eigenvalue weighted by Crippen LogP contribution is -2.28. The van der Waals surface area contributed by atoms with E-state index in [0.29, 0.717) is 6.04 Å². The predicted molar refractivity (Wildman–Crippen MR) is 74.8 cm³/mol. The molecule has 17 heavy (non-hydrogen) atoms. The second-order valence-electron chi connectivity index (χ2n) is 4.97. The van der Waals surface area contributed by atoms with Crippen molar-refractivity contribution in [3.8, 4) is 0 Å². The third-order valence-electron chi connectivity index (χ3n) is 3.86. The predicted octanol–water partition coefficient (Wildman–Crippen LogP) is 4.37. The summed E-state index contributed by atoms with van der Waals surface area (Å²) >= 11 is 6.20. The van der Waals surface area contributed by atoms with Crippen molar-refractivity contribution in [2.45, 2.75) is 46.1 Å². The summed E-state index contributed by atoms with van der Waals surface area (Å²) in [6.45, 7) is 9.01. The van der Waals surface area contributed by atoms with Crippen molar-refractivity contribution in [3.05, 3.63) is 33.8 Å². The average molecular weight is 252 g/mol. The van der Waals surface area contributed by atoms with E-state index in [1.54, 1.807) is 0 Å². The van der Waals surface area contributed by atoms with Gasteiger partial charge >= 0.3 is 0 Å². The van der Waals surface area contributed by atoms with Gasteiger partial charge in [0.05, 0.1) is 0 Å². The van der Waals surface area contributed by atoms with Crippen molar-refractivity contribution in [1.29, 1.82) is 0 Å². The van der Waals surface area contributed by atoms with Crippen LogP contribution in [0.2, 0.25) is 5.02 Å². The van der Waals surface area contributed by atoms with Crippen LogP contribution < -0.4 is 0 Å². The molecule has 94 valence electrons. The molecule has 0 amide bonds. The Labute approximate surface area is 110 Å². The number of benzene rings is 1. The van der Waals surface area contributed by atoms with E-state index < -0.39 is 0 Å². The van der Waals surface area contributed by atoms with E-state index in [-0.39, 0.29) is 0 Å². The number of hydrogen-bond acceptors (Lipinski definition) is 1. The van der Waals surface area contributed by atoms with E-state index in [4.69, 9.17) is 11.6 Å². The molecule has 0 saturated heterocycles. The van der Waals surface area contributed by atoms with Gasteiger partial charge in [-0.3, -0.25) is 4.90 Å². The maximum Gasteiger partial charge on any atom is 0.0412 e. The molecule has 1 atom stereocenters. The van der Waals surface area contributed by atoms with E-state index in [1.807, 2.05) is 0 Å². The van der Waals surface area contributed by atoms with Crippen LogP contribution in [0.3, 0.4) is 0 Å². The van der Waals surface area contributed by atoms with Gasteiger partial charge in [-0.05, 0) is 68.1 Å². The van der Waals surface area contributed by atoms with Crippen molar-refractivity contribution >= 4 is 11.6 Å². The Morgan fingerprint density at radius 1 is 1.35 bits per heavy atom. The number of fused-ring (bicyclic) bond motifs is 1. The van der Waals surface area contributed by atoms with Crippen LogP contribution in [0.4, 0.5) is 0 Å². The molecule has 0 aliphatic heterocycles.